The molecule has 134 valence electrons. The molecule has 4 heteroatoms. The number of hydrogen-bond donors (Lipinski definition) is 1. The number of carbonyl (C=O) groups excluding carboxylic acids is 1. The van der Waals surface area contributed by atoms with E-state index in [2.05, 4.69) is 22.9 Å². The molecule has 0 fully saturated rings. The van der Waals surface area contributed by atoms with Gasteiger partial charge in [0.1, 0.15) is 5.75 Å². The molecule has 1 N–H and O–H groups in total. The molecule has 0 bridgehead atoms. The van der Waals surface area contributed by atoms with E-state index in [9.17, 15) is 4.79 Å². The average molecular weight is 348 g/mol. The number of fused-ring (bicyclic) bond motifs is 3. The Labute approximate surface area is 153 Å². The van der Waals surface area contributed by atoms with Crippen LogP contribution in [0.5, 0.6) is 5.75 Å². The monoisotopic (exact) mass is 348 g/mol. The van der Waals surface area contributed by atoms with Gasteiger partial charge in [0, 0.05) is 42.7 Å². The SMILES string of the molecule is CCc1ccc(OCC(=O)c2c3n(c4ccccc24)CCNCC3)cc1. The van der Waals surface area contributed by atoms with Gasteiger partial charge in [-0.05, 0) is 30.2 Å². The third-order valence-electron chi connectivity index (χ3n) is 5.11. The van der Waals surface area contributed by atoms with Gasteiger partial charge in [0.05, 0.1) is 5.56 Å². The first kappa shape index (κ1) is 16.9. The molecule has 0 aliphatic carbocycles. The topological polar surface area (TPSA) is 43.3 Å². The van der Waals surface area contributed by atoms with Gasteiger partial charge in [-0.25, -0.2) is 0 Å². The molecule has 0 amide bonds. The van der Waals surface area contributed by atoms with Crippen molar-refractivity contribution < 1.29 is 9.53 Å². The van der Waals surface area contributed by atoms with Crippen LogP contribution in [0.15, 0.2) is 48.5 Å². The van der Waals surface area contributed by atoms with E-state index in [1.807, 2.05) is 42.5 Å². The van der Waals surface area contributed by atoms with Crippen molar-refractivity contribution in [2.24, 2.45) is 0 Å². The van der Waals surface area contributed by atoms with Gasteiger partial charge in [0.15, 0.2) is 6.61 Å². The summed E-state index contributed by atoms with van der Waals surface area (Å²) in [5, 5.41) is 4.46. The maximum atomic E-state index is 13.0. The normalized spacial score (nSPS) is 14.0. The largest absolute Gasteiger partial charge is 0.485 e. The van der Waals surface area contributed by atoms with Crippen molar-refractivity contribution in [3.8, 4) is 5.75 Å². The maximum absolute atomic E-state index is 13.0. The number of nitrogens with one attached hydrogen (secondary N) is 1. The number of hydrogen-bond acceptors (Lipinski definition) is 3. The fraction of sp³-hybridized carbons (Fsp3) is 0.318. The number of aryl methyl sites for hydroxylation is 1. The minimum absolute atomic E-state index is 0.0522. The van der Waals surface area contributed by atoms with Crippen LogP contribution in [0.25, 0.3) is 10.9 Å². The van der Waals surface area contributed by atoms with Gasteiger partial charge < -0.3 is 14.6 Å². The second-order valence-corrected chi connectivity index (χ2v) is 6.70. The minimum atomic E-state index is 0.0522. The highest BCUT2D eigenvalue weighted by Gasteiger charge is 2.23. The number of Topliss-reactive ketones (excluding diaryl/α,β-unsaturated/α-hetero) is 1. The summed E-state index contributed by atoms with van der Waals surface area (Å²) >= 11 is 0. The Morgan fingerprint density at radius 1 is 1.12 bits per heavy atom. The van der Waals surface area contributed by atoms with E-state index in [0.717, 1.165) is 60.4 Å². The molecule has 0 saturated heterocycles. The lowest BCUT2D eigenvalue weighted by Gasteiger charge is -2.09. The summed E-state index contributed by atoms with van der Waals surface area (Å²) < 4.78 is 8.08. The van der Waals surface area contributed by atoms with Crippen molar-refractivity contribution in [3.63, 3.8) is 0 Å². The van der Waals surface area contributed by atoms with E-state index in [-0.39, 0.29) is 12.4 Å². The Bertz CT molecular complexity index is 925. The lowest BCUT2D eigenvalue weighted by atomic mass is 10.1. The summed E-state index contributed by atoms with van der Waals surface area (Å²) in [6.45, 7) is 4.91. The van der Waals surface area contributed by atoms with Crippen LogP contribution in [0.1, 0.15) is 28.5 Å². The zero-order valence-corrected chi connectivity index (χ0v) is 15.1. The molecule has 4 nitrogen and oxygen atoms in total. The van der Waals surface area contributed by atoms with E-state index in [4.69, 9.17) is 4.74 Å². The zero-order valence-electron chi connectivity index (χ0n) is 15.1. The summed E-state index contributed by atoms with van der Waals surface area (Å²) in [5.41, 5.74) is 4.36. The molecule has 2 heterocycles. The summed E-state index contributed by atoms with van der Waals surface area (Å²) in [5.74, 6) is 0.795. The van der Waals surface area contributed by atoms with Crippen LogP contribution in [0.2, 0.25) is 0 Å². The molecule has 1 aliphatic heterocycles. The fourth-order valence-electron chi connectivity index (χ4n) is 3.75. The van der Waals surface area contributed by atoms with E-state index in [1.54, 1.807) is 0 Å². The van der Waals surface area contributed by atoms with Crippen molar-refractivity contribution in [2.45, 2.75) is 26.3 Å². The molecule has 0 unspecified atom stereocenters. The Balaban J connectivity index is 1.62. The van der Waals surface area contributed by atoms with E-state index in [1.165, 1.54) is 5.56 Å². The van der Waals surface area contributed by atoms with Crippen molar-refractivity contribution in [2.75, 3.05) is 19.7 Å². The Hall–Kier alpha value is -2.59. The summed E-state index contributed by atoms with van der Waals surface area (Å²) in [6.07, 6.45) is 1.86. The zero-order chi connectivity index (χ0) is 17.9. The van der Waals surface area contributed by atoms with Gasteiger partial charge in [-0.3, -0.25) is 4.79 Å². The number of benzene rings is 2. The van der Waals surface area contributed by atoms with Gasteiger partial charge in [-0.2, -0.15) is 0 Å². The summed E-state index contributed by atoms with van der Waals surface area (Å²) in [6, 6.07) is 16.2. The molecule has 1 aromatic heterocycles. The number of aromatic nitrogens is 1. The molecular formula is C22H24N2O2. The first-order valence-electron chi connectivity index (χ1n) is 9.33. The molecular weight excluding hydrogens is 324 g/mol. The Kier molecular flexibility index (Phi) is 4.76. The second-order valence-electron chi connectivity index (χ2n) is 6.70. The lowest BCUT2D eigenvalue weighted by Crippen LogP contribution is -2.17. The highest BCUT2D eigenvalue weighted by Crippen LogP contribution is 2.28. The summed E-state index contributed by atoms with van der Waals surface area (Å²) in [4.78, 5) is 13.0. The van der Waals surface area contributed by atoms with Crippen LogP contribution >= 0.6 is 0 Å². The highest BCUT2D eigenvalue weighted by atomic mass is 16.5. The minimum Gasteiger partial charge on any atom is -0.485 e. The van der Waals surface area contributed by atoms with Crippen molar-refractivity contribution in [3.05, 3.63) is 65.4 Å². The van der Waals surface area contributed by atoms with Crippen LogP contribution in [-0.4, -0.2) is 30.0 Å². The van der Waals surface area contributed by atoms with Crippen molar-refractivity contribution in [1.82, 2.24) is 9.88 Å². The molecule has 0 radical (unpaired) electrons. The number of rotatable bonds is 5. The number of para-hydroxylation sites is 1. The van der Waals surface area contributed by atoms with E-state index in [0.29, 0.717) is 0 Å². The van der Waals surface area contributed by atoms with Crippen LogP contribution in [0, 0.1) is 0 Å². The smallest absolute Gasteiger partial charge is 0.202 e. The number of carbonyl (C=O) groups is 1. The van der Waals surface area contributed by atoms with Crippen molar-refractivity contribution >= 4 is 16.7 Å². The molecule has 0 atom stereocenters. The Morgan fingerprint density at radius 3 is 2.73 bits per heavy atom. The van der Waals surface area contributed by atoms with Crippen molar-refractivity contribution in [1.29, 1.82) is 0 Å². The van der Waals surface area contributed by atoms with Crippen LogP contribution < -0.4 is 10.1 Å². The van der Waals surface area contributed by atoms with Crippen LogP contribution in [0.4, 0.5) is 0 Å². The van der Waals surface area contributed by atoms with Gasteiger partial charge in [-0.1, -0.05) is 37.3 Å². The third kappa shape index (κ3) is 3.13. The lowest BCUT2D eigenvalue weighted by molar-refractivity contribution is 0.0922. The fourth-order valence-corrected chi connectivity index (χ4v) is 3.75. The van der Waals surface area contributed by atoms with E-state index < -0.39 is 0 Å². The predicted octanol–water partition coefficient (Wildman–Crippen LogP) is 3.61. The maximum Gasteiger partial charge on any atom is 0.202 e. The van der Waals surface area contributed by atoms with Crippen LogP contribution in [-0.2, 0) is 19.4 Å². The molecule has 0 saturated carbocycles. The quantitative estimate of drug-likeness (QED) is 0.716. The van der Waals surface area contributed by atoms with Gasteiger partial charge in [0.2, 0.25) is 5.78 Å². The Morgan fingerprint density at radius 2 is 1.92 bits per heavy atom. The number of nitrogens with zero attached hydrogens (tertiary/aromatic N) is 1. The van der Waals surface area contributed by atoms with Crippen LogP contribution in [0.3, 0.4) is 0 Å². The first-order chi connectivity index (χ1) is 12.8. The average Bonchev–Trinajstić information content (AvgIpc) is 2.82. The third-order valence-corrected chi connectivity index (χ3v) is 5.11. The highest BCUT2D eigenvalue weighted by molar-refractivity contribution is 6.10. The van der Waals surface area contributed by atoms with Gasteiger partial charge in [0.25, 0.3) is 0 Å². The number of ether oxygens (including phenoxy) is 1. The van der Waals surface area contributed by atoms with E-state index >= 15 is 0 Å². The molecule has 3 aromatic rings. The van der Waals surface area contributed by atoms with Gasteiger partial charge in [-0.15, -0.1) is 0 Å². The standard InChI is InChI=1S/C22H24N2O2/c1-2-16-7-9-17(10-8-16)26-15-21(25)22-18-5-3-4-6-19(18)24-14-13-23-12-11-20(22)24/h3-10,23H,2,11-15H2,1H3. The molecule has 1 aliphatic rings. The molecule has 26 heavy (non-hydrogen) atoms. The number of ketones is 1. The molecule has 2 aromatic carbocycles. The molecule has 0 spiro atoms. The predicted molar refractivity (Wildman–Crippen MR) is 104 cm³/mol. The second kappa shape index (κ2) is 7.34. The summed E-state index contributed by atoms with van der Waals surface area (Å²) in [7, 11) is 0. The van der Waals surface area contributed by atoms with Gasteiger partial charge >= 0.3 is 0 Å². The molecule has 4 rings (SSSR count). The first-order valence-corrected chi connectivity index (χ1v) is 9.33.